The highest BCUT2D eigenvalue weighted by Crippen LogP contribution is 2.28. The maximum absolute atomic E-state index is 13.2. The largest absolute Gasteiger partial charge is 0.492 e. The van der Waals surface area contributed by atoms with Crippen LogP contribution in [0.15, 0.2) is 52.4 Å². The van der Waals surface area contributed by atoms with Crippen molar-refractivity contribution in [2.75, 3.05) is 19.7 Å². The molecular weight excluding hydrogens is 453 g/mol. The standard InChI is InChI=1S/C22H24FN3O4S2/c1-3-30-18-7-4-8-19-20(18)25(2)22(31-19)24-21(27)15-6-5-13-26(14-15)32(28,29)17-11-9-16(23)10-12-17/h4,7-12,15H,3,5-6,13-14H2,1-2H3. The Hall–Kier alpha value is -2.56. The van der Waals surface area contributed by atoms with Gasteiger partial charge in [-0.25, -0.2) is 12.8 Å². The van der Waals surface area contributed by atoms with Crippen molar-refractivity contribution >= 4 is 37.5 Å². The molecule has 1 saturated heterocycles. The number of ether oxygens (including phenoxy) is 1. The van der Waals surface area contributed by atoms with Crippen LogP contribution in [0.3, 0.4) is 0 Å². The summed E-state index contributed by atoms with van der Waals surface area (Å²) in [5.74, 6) is -0.648. The molecule has 0 spiro atoms. The number of fused-ring (bicyclic) bond motifs is 1. The van der Waals surface area contributed by atoms with Crippen LogP contribution in [0.2, 0.25) is 0 Å². The number of rotatable bonds is 5. The molecule has 32 heavy (non-hydrogen) atoms. The van der Waals surface area contributed by atoms with E-state index < -0.39 is 21.8 Å². The SMILES string of the molecule is CCOc1cccc2sc(=NC(=O)C3CCCN(S(=O)(=O)c4ccc(F)cc4)C3)n(C)c12. The molecule has 10 heteroatoms. The fraction of sp³-hybridized carbons (Fsp3) is 0.364. The molecule has 1 amide bonds. The van der Waals surface area contributed by atoms with Crippen molar-refractivity contribution in [3.8, 4) is 5.75 Å². The van der Waals surface area contributed by atoms with E-state index in [2.05, 4.69) is 4.99 Å². The third kappa shape index (κ3) is 4.35. The van der Waals surface area contributed by atoms with E-state index in [4.69, 9.17) is 4.74 Å². The van der Waals surface area contributed by atoms with Gasteiger partial charge in [0.2, 0.25) is 10.0 Å². The minimum atomic E-state index is -3.81. The van der Waals surface area contributed by atoms with E-state index in [1.54, 1.807) is 0 Å². The summed E-state index contributed by atoms with van der Waals surface area (Å²) in [6.45, 7) is 2.81. The molecule has 0 aliphatic carbocycles. The van der Waals surface area contributed by atoms with Gasteiger partial charge in [-0.3, -0.25) is 4.79 Å². The zero-order chi connectivity index (χ0) is 22.9. The van der Waals surface area contributed by atoms with Crippen LogP contribution in [0.4, 0.5) is 4.39 Å². The van der Waals surface area contributed by atoms with Crippen molar-refractivity contribution in [2.24, 2.45) is 18.0 Å². The summed E-state index contributed by atoms with van der Waals surface area (Å²) >= 11 is 1.39. The number of aromatic nitrogens is 1. The number of hydrogen-bond acceptors (Lipinski definition) is 5. The Balaban J connectivity index is 1.60. The summed E-state index contributed by atoms with van der Waals surface area (Å²) in [6.07, 6.45) is 1.12. The first-order valence-electron chi connectivity index (χ1n) is 10.4. The van der Waals surface area contributed by atoms with Crippen molar-refractivity contribution in [1.82, 2.24) is 8.87 Å². The quantitative estimate of drug-likeness (QED) is 0.565. The first-order valence-corrected chi connectivity index (χ1v) is 12.6. The van der Waals surface area contributed by atoms with Crippen LogP contribution in [0.25, 0.3) is 10.2 Å². The van der Waals surface area contributed by atoms with Gasteiger partial charge in [0, 0.05) is 20.1 Å². The Kier molecular flexibility index (Phi) is 6.45. The molecule has 0 radical (unpaired) electrons. The second kappa shape index (κ2) is 9.13. The van der Waals surface area contributed by atoms with Crippen LogP contribution >= 0.6 is 11.3 Å². The predicted molar refractivity (Wildman–Crippen MR) is 120 cm³/mol. The maximum Gasteiger partial charge on any atom is 0.252 e. The number of carbonyl (C=O) groups is 1. The molecule has 0 saturated carbocycles. The van der Waals surface area contributed by atoms with Crippen molar-refractivity contribution < 1.29 is 22.3 Å². The van der Waals surface area contributed by atoms with E-state index in [9.17, 15) is 17.6 Å². The number of aryl methyl sites for hydroxylation is 1. The van der Waals surface area contributed by atoms with Gasteiger partial charge in [-0.15, -0.1) is 0 Å². The van der Waals surface area contributed by atoms with E-state index in [-0.39, 0.29) is 17.3 Å². The topological polar surface area (TPSA) is 81.0 Å². The van der Waals surface area contributed by atoms with Crippen molar-refractivity contribution in [3.63, 3.8) is 0 Å². The molecule has 2 heterocycles. The molecule has 1 unspecified atom stereocenters. The molecule has 1 fully saturated rings. The van der Waals surface area contributed by atoms with Crippen LogP contribution in [0.1, 0.15) is 19.8 Å². The Labute approximate surface area is 189 Å². The number of sulfonamides is 1. The lowest BCUT2D eigenvalue weighted by molar-refractivity contribution is -0.122. The van der Waals surface area contributed by atoms with Crippen LogP contribution < -0.4 is 9.54 Å². The van der Waals surface area contributed by atoms with Crippen molar-refractivity contribution in [2.45, 2.75) is 24.7 Å². The molecule has 1 aliphatic heterocycles. The summed E-state index contributed by atoms with van der Waals surface area (Å²) in [5.41, 5.74) is 0.870. The molecule has 0 bridgehead atoms. The number of thiazole rings is 1. The highest BCUT2D eigenvalue weighted by atomic mass is 32.2. The monoisotopic (exact) mass is 477 g/mol. The predicted octanol–water partition coefficient (Wildman–Crippen LogP) is 3.31. The summed E-state index contributed by atoms with van der Waals surface area (Å²) in [7, 11) is -1.97. The van der Waals surface area contributed by atoms with Gasteiger partial charge in [0.15, 0.2) is 4.80 Å². The van der Waals surface area contributed by atoms with Crippen molar-refractivity contribution in [1.29, 1.82) is 0 Å². The lowest BCUT2D eigenvalue weighted by Crippen LogP contribution is -2.42. The summed E-state index contributed by atoms with van der Waals surface area (Å²) in [4.78, 5) is 17.9. The van der Waals surface area contributed by atoms with Gasteiger partial charge in [-0.05, 0) is 56.2 Å². The van der Waals surface area contributed by atoms with Crippen LogP contribution in [0.5, 0.6) is 5.75 Å². The highest BCUT2D eigenvalue weighted by Gasteiger charge is 2.33. The van der Waals surface area contributed by atoms with E-state index in [1.165, 1.54) is 27.8 Å². The zero-order valence-electron chi connectivity index (χ0n) is 17.8. The van der Waals surface area contributed by atoms with Crippen LogP contribution in [-0.2, 0) is 21.9 Å². The lowest BCUT2D eigenvalue weighted by atomic mass is 9.99. The lowest BCUT2D eigenvalue weighted by Gasteiger charge is -2.30. The molecule has 1 aliphatic rings. The molecule has 7 nitrogen and oxygen atoms in total. The molecule has 1 aromatic heterocycles. The third-order valence-corrected chi connectivity index (χ3v) is 8.45. The number of para-hydroxylation sites is 1. The number of benzene rings is 2. The Morgan fingerprint density at radius 3 is 2.72 bits per heavy atom. The van der Waals surface area contributed by atoms with Gasteiger partial charge in [0.25, 0.3) is 5.91 Å². The highest BCUT2D eigenvalue weighted by molar-refractivity contribution is 7.89. The number of amides is 1. The third-order valence-electron chi connectivity index (χ3n) is 5.48. The van der Waals surface area contributed by atoms with Gasteiger partial charge < -0.3 is 9.30 Å². The first kappa shape index (κ1) is 22.6. The average Bonchev–Trinajstić information content (AvgIpc) is 3.10. The normalized spacial score (nSPS) is 18.2. The zero-order valence-corrected chi connectivity index (χ0v) is 19.5. The molecule has 3 aromatic rings. The maximum atomic E-state index is 13.2. The second-order valence-corrected chi connectivity index (χ2v) is 10.5. The molecule has 2 aromatic carbocycles. The molecule has 4 rings (SSSR count). The molecule has 0 N–H and O–H groups in total. The van der Waals surface area contributed by atoms with E-state index >= 15 is 0 Å². The number of nitrogens with zero attached hydrogens (tertiary/aromatic N) is 3. The van der Waals surface area contributed by atoms with Crippen molar-refractivity contribution in [3.05, 3.63) is 53.1 Å². The minimum absolute atomic E-state index is 0.0169. The average molecular weight is 478 g/mol. The fourth-order valence-corrected chi connectivity index (χ4v) is 6.42. The number of hydrogen-bond donors (Lipinski definition) is 0. The van der Waals surface area contributed by atoms with E-state index in [0.29, 0.717) is 30.8 Å². The summed E-state index contributed by atoms with van der Waals surface area (Å²) < 4.78 is 48.9. The van der Waals surface area contributed by atoms with E-state index in [1.807, 2.05) is 36.7 Å². The Bertz CT molecular complexity index is 1310. The Morgan fingerprint density at radius 2 is 2.00 bits per heavy atom. The second-order valence-electron chi connectivity index (χ2n) is 7.59. The number of halogens is 1. The van der Waals surface area contributed by atoms with Gasteiger partial charge in [-0.2, -0.15) is 9.30 Å². The van der Waals surface area contributed by atoms with E-state index in [0.717, 1.165) is 28.1 Å². The van der Waals surface area contributed by atoms with Gasteiger partial charge in [-0.1, -0.05) is 17.4 Å². The summed E-state index contributed by atoms with van der Waals surface area (Å²) in [5, 5.41) is 0. The molecule has 1 atom stereocenters. The van der Waals surface area contributed by atoms with Crippen LogP contribution in [-0.4, -0.2) is 42.9 Å². The minimum Gasteiger partial charge on any atom is -0.492 e. The smallest absolute Gasteiger partial charge is 0.252 e. The molecular formula is C22H24FN3O4S2. The van der Waals surface area contributed by atoms with Gasteiger partial charge in [0.1, 0.15) is 17.1 Å². The number of carbonyl (C=O) groups excluding carboxylic acids is 1. The van der Waals surface area contributed by atoms with Gasteiger partial charge >= 0.3 is 0 Å². The van der Waals surface area contributed by atoms with Gasteiger partial charge in [0.05, 0.1) is 22.1 Å². The first-order chi connectivity index (χ1) is 15.3. The Morgan fingerprint density at radius 1 is 1.25 bits per heavy atom. The summed E-state index contributed by atoms with van der Waals surface area (Å²) in [6, 6.07) is 10.4. The number of piperidine rings is 1. The molecule has 170 valence electrons. The fourth-order valence-electron chi connectivity index (χ4n) is 3.85. The van der Waals surface area contributed by atoms with Crippen LogP contribution in [0, 0.1) is 11.7 Å².